The van der Waals surface area contributed by atoms with Gasteiger partial charge in [0.25, 0.3) is 5.56 Å². The molecule has 40 heavy (non-hydrogen) atoms. The molecule has 1 amide bonds. The number of rotatable bonds is 4. The SMILES string of the molecule is CSc1nc(N2CCN(C(=O)OC(C)(C)C)C(CC#N)C2)c2cnn(-c3cccc4cccc(C)c34)c(=O)c2n1. The predicted molar refractivity (Wildman–Crippen MR) is 156 cm³/mol. The normalized spacial score (nSPS) is 15.8. The first-order chi connectivity index (χ1) is 19.1. The minimum Gasteiger partial charge on any atom is -0.444 e. The van der Waals surface area contributed by atoms with Crippen LogP contribution in [0.3, 0.4) is 0 Å². The van der Waals surface area contributed by atoms with Gasteiger partial charge in [0, 0.05) is 25.0 Å². The Morgan fingerprint density at radius 2 is 1.93 bits per heavy atom. The molecule has 3 heterocycles. The van der Waals surface area contributed by atoms with E-state index in [0.29, 0.717) is 41.7 Å². The summed E-state index contributed by atoms with van der Waals surface area (Å²) >= 11 is 1.35. The summed E-state index contributed by atoms with van der Waals surface area (Å²) in [5.74, 6) is 0.562. The Labute approximate surface area is 236 Å². The van der Waals surface area contributed by atoms with Crippen LogP contribution in [0.4, 0.5) is 10.6 Å². The highest BCUT2D eigenvalue weighted by atomic mass is 32.2. The molecular weight excluding hydrogens is 526 g/mol. The van der Waals surface area contributed by atoms with Gasteiger partial charge in [0.1, 0.15) is 16.9 Å². The van der Waals surface area contributed by atoms with Gasteiger partial charge in [-0.3, -0.25) is 4.79 Å². The van der Waals surface area contributed by atoms with Crippen molar-refractivity contribution in [1.82, 2.24) is 24.6 Å². The lowest BCUT2D eigenvalue weighted by atomic mass is 10.0. The zero-order valence-electron chi connectivity index (χ0n) is 23.2. The maximum absolute atomic E-state index is 13.9. The Kier molecular flexibility index (Phi) is 7.38. The Bertz CT molecular complexity index is 1700. The zero-order chi connectivity index (χ0) is 28.6. The number of piperazine rings is 1. The number of hydrogen-bond donors (Lipinski definition) is 0. The number of ether oxygens (including phenoxy) is 1. The molecule has 2 aromatic carbocycles. The Morgan fingerprint density at radius 3 is 2.62 bits per heavy atom. The van der Waals surface area contributed by atoms with Crippen molar-refractivity contribution in [2.24, 2.45) is 0 Å². The molecule has 5 rings (SSSR count). The third-order valence-electron chi connectivity index (χ3n) is 6.84. The van der Waals surface area contributed by atoms with Crippen molar-refractivity contribution >= 4 is 45.3 Å². The minimum atomic E-state index is -0.643. The highest BCUT2D eigenvalue weighted by molar-refractivity contribution is 7.98. The van der Waals surface area contributed by atoms with E-state index in [2.05, 4.69) is 16.2 Å². The topological polar surface area (TPSA) is 117 Å². The molecular formula is C29H31N7O3S. The standard InChI is InChI=1S/C29H31N7O3S/c1-18-8-6-9-19-10-7-11-22(23(18)19)36-26(37)24-21(16-31-36)25(33-27(32-24)40-5)34-14-15-35(20(17-34)12-13-30)28(38)39-29(2,3)4/h6-11,16,20H,12,14-15,17H2,1-5H3. The molecule has 0 saturated carbocycles. The van der Waals surface area contributed by atoms with Crippen LogP contribution in [0.15, 0.2) is 52.5 Å². The Balaban J connectivity index is 1.58. The van der Waals surface area contributed by atoms with Crippen LogP contribution in [0, 0.1) is 18.3 Å². The number of anilines is 1. The fourth-order valence-electron chi connectivity index (χ4n) is 5.06. The van der Waals surface area contributed by atoms with Crippen molar-refractivity contribution in [1.29, 1.82) is 5.26 Å². The summed E-state index contributed by atoms with van der Waals surface area (Å²) in [6.45, 7) is 8.62. The third-order valence-corrected chi connectivity index (χ3v) is 7.39. The highest BCUT2D eigenvalue weighted by Crippen LogP contribution is 2.29. The number of thioether (sulfide) groups is 1. The lowest BCUT2D eigenvalue weighted by molar-refractivity contribution is 0.0145. The molecule has 1 saturated heterocycles. The first-order valence-electron chi connectivity index (χ1n) is 13.1. The lowest BCUT2D eigenvalue weighted by Crippen LogP contribution is -2.56. The molecule has 1 atom stereocenters. The minimum absolute atomic E-state index is 0.139. The van der Waals surface area contributed by atoms with E-state index in [9.17, 15) is 14.9 Å². The number of hydrogen-bond acceptors (Lipinski definition) is 9. The van der Waals surface area contributed by atoms with E-state index in [1.54, 1.807) is 11.1 Å². The third kappa shape index (κ3) is 5.19. The fourth-order valence-corrected chi connectivity index (χ4v) is 5.42. The van der Waals surface area contributed by atoms with Gasteiger partial charge in [-0.25, -0.2) is 14.8 Å². The second kappa shape index (κ2) is 10.8. The van der Waals surface area contributed by atoms with Gasteiger partial charge < -0.3 is 14.5 Å². The molecule has 0 aliphatic carbocycles. The molecule has 206 valence electrons. The summed E-state index contributed by atoms with van der Waals surface area (Å²) in [4.78, 5) is 39.7. The fraction of sp³-hybridized carbons (Fsp3) is 0.379. The second-order valence-electron chi connectivity index (χ2n) is 10.7. The first-order valence-corrected chi connectivity index (χ1v) is 14.3. The van der Waals surface area contributed by atoms with Crippen LogP contribution in [0.25, 0.3) is 27.4 Å². The van der Waals surface area contributed by atoms with Gasteiger partial charge >= 0.3 is 6.09 Å². The first kappa shape index (κ1) is 27.4. The van der Waals surface area contributed by atoms with Gasteiger partial charge in [0.15, 0.2) is 5.16 Å². The van der Waals surface area contributed by atoms with Crippen LogP contribution < -0.4 is 10.5 Å². The molecule has 4 aromatic rings. The van der Waals surface area contributed by atoms with E-state index < -0.39 is 17.7 Å². The number of nitriles is 1. The smallest absolute Gasteiger partial charge is 0.410 e. The van der Waals surface area contributed by atoms with Crippen LogP contribution in [-0.4, -0.2) is 68.3 Å². The van der Waals surface area contributed by atoms with Crippen molar-refractivity contribution in [3.05, 3.63) is 58.5 Å². The number of amides is 1. The number of aryl methyl sites for hydroxylation is 1. The zero-order valence-corrected chi connectivity index (χ0v) is 24.0. The van der Waals surface area contributed by atoms with Crippen LogP contribution in [0.1, 0.15) is 32.8 Å². The second-order valence-corrected chi connectivity index (χ2v) is 11.5. The van der Waals surface area contributed by atoms with Crippen LogP contribution in [-0.2, 0) is 4.74 Å². The lowest BCUT2D eigenvalue weighted by Gasteiger charge is -2.41. The molecule has 1 unspecified atom stereocenters. The summed E-state index contributed by atoms with van der Waals surface area (Å²) in [6, 6.07) is 13.6. The van der Waals surface area contributed by atoms with Crippen LogP contribution in [0.2, 0.25) is 0 Å². The molecule has 1 aliphatic heterocycles. The van der Waals surface area contributed by atoms with E-state index in [0.717, 1.165) is 16.3 Å². The maximum Gasteiger partial charge on any atom is 0.410 e. The van der Waals surface area contributed by atoms with Crippen LogP contribution >= 0.6 is 11.8 Å². The summed E-state index contributed by atoms with van der Waals surface area (Å²) in [7, 11) is 0. The number of benzene rings is 2. The molecule has 2 aromatic heterocycles. The molecule has 1 fully saturated rings. The maximum atomic E-state index is 13.9. The van der Waals surface area contributed by atoms with Crippen molar-refractivity contribution in [3.8, 4) is 11.8 Å². The van der Waals surface area contributed by atoms with Gasteiger partial charge in [0.2, 0.25) is 0 Å². The van der Waals surface area contributed by atoms with Gasteiger partial charge in [0.05, 0.1) is 35.8 Å². The Morgan fingerprint density at radius 1 is 1.18 bits per heavy atom. The Hall–Kier alpha value is -4.17. The van der Waals surface area contributed by atoms with Crippen molar-refractivity contribution in [2.45, 2.75) is 50.9 Å². The van der Waals surface area contributed by atoms with E-state index in [1.807, 2.05) is 75.2 Å². The molecule has 0 bridgehead atoms. The van der Waals surface area contributed by atoms with Crippen LogP contribution in [0.5, 0.6) is 0 Å². The number of carbonyl (C=O) groups is 1. The van der Waals surface area contributed by atoms with E-state index >= 15 is 0 Å². The molecule has 0 spiro atoms. The van der Waals surface area contributed by atoms with Gasteiger partial charge in [-0.2, -0.15) is 15.0 Å². The summed E-state index contributed by atoms with van der Waals surface area (Å²) in [5, 5.41) is 17.0. The van der Waals surface area contributed by atoms with Gasteiger partial charge in [-0.1, -0.05) is 42.1 Å². The molecule has 11 heteroatoms. The molecule has 1 aliphatic rings. The number of nitrogens with zero attached hydrogens (tertiary/aromatic N) is 7. The van der Waals surface area contributed by atoms with Crippen molar-refractivity contribution in [3.63, 3.8) is 0 Å². The largest absolute Gasteiger partial charge is 0.444 e. The number of carbonyl (C=O) groups excluding carboxylic acids is 1. The number of fused-ring (bicyclic) bond motifs is 2. The molecule has 0 radical (unpaired) electrons. The summed E-state index contributed by atoms with van der Waals surface area (Å²) in [6.07, 6.45) is 3.18. The molecule has 10 nitrogen and oxygen atoms in total. The average Bonchev–Trinajstić information content (AvgIpc) is 2.92. The van der Waals surface area contributed by atoms with Crippen molar-refractivity contribution in [2.75, 3.05) is 30.8 Å². The quantitative estimate of drug-likeness (QED) is 0.260. The summed E-state index contributed by atoms with van der Waals surface area (Å²) < 4.78 is 6.99. The number of aromatic nitrogens is 4. The predicted octanol–water partition coefficient (Wildman–Crippen LogP) is 4.70. The molecule has 0 N–H and O–H groups in total. The van der Waals surface area contributed by atoms with E-state index in [4.69, 9.17) is 9.72 Å². The average molecular weight is 558 g/mol. The van der Waals surface area contributed by atoms with E-state index in [-0.39, 0.29) is 17.5 Å². The van der Waals surface area contributed by atoms with E-state index in [1.165, 1.54) is 16.4 Å². The van der Waals surface area contributed by atoms with Crippen molar-refractivity contribution < 1.29 is 9.53 Å². The van der Waals surface area contributed by atoms with Gasteiger partial charge in [-0.15, -0.1) is 0 Å². The highest BCUT2D eigenvalue weighted by Gasteiger charge is 2.34. The van der Waals surface area contributed by atoms with Gasteiger partial charge in [-0.05, 0) is 51.0 Å². The monoisotopic (exact) mass is 557 g/mol. The summed E-state index contributed by atoms with van der Waals surface area (Å²) in [5.41, 5.74) is 1.01.